The first-order valence-corrected chi connectivity index (χ1v) is 9.40. The molecule has 0 spiro atoms. The first-order chi connectivity index (χ1) is 11.3. The molecule has 0 saturated heterocycles. The molecule has 0 aromatic heterocycles. The molecule has 2 aromatic carbocycles. The van der Waals surface area contributed by atoms with Gasteiger partial charge in [-0.1, -0.05) is 15.9 Å². The van der Waals surface area contributed by atoms with Crippen LogP contribution in [0.15, 0.2) is 57.9 Å². The molecule has 0 fully saturated rings. The number of benzene rings is 2. The Morgan fingerprint density at radius 2 is 1.71 bits per heavy atom. The predicted octanol–water partition coefficient (Wildman–Crippen LogP) is 2.36. The summed E-state index contributed by atoms with van der Waals surface area (Å²) in [4.78, 5) is 12.2. The van der Waals surface area contributed by atoms with Crippen molar-refractivity contribution in [2.75, 3.05) is 11.9 Å². The molecule has 0 aliphatic heterocycles. The number of halogens is 1. The number of carbonyl (C=O) groups excluding carboxylic acids is 1. The largest absolute Gasteiger partial charge is 0.392 e. The molecule has 1 unspecified atom stereocenters. The van der Waals surface area contributed by atoms with Gasteiger partial charge in [-0.05, 0) is 55.5 Å². The van der Waals surface area contributed by atoms with Crippen LogP contribution in [0, 0.1) is 0 Å². The predicted molar refractivity (Wildman–Crippen MR) is 95.4 cm³/mol. The number of aliphatic hydroxyl groups is 1. The lowest BCUT2D eigenvalue weighted by Crippen LogP contribution is -2.30. The van der Waals surface area contributed by atoms with Crippen LogP contribution in [0.4, 0.5) is 5.69 Å². The molecule has 0 heterocycles. The zero-order valence-electron chi connectivity index (χ0n) is 12.9. The average molecular weight is 413 g/mol. The summed E-state index contributed by atoms with van der Waals surface area (Å²) in [6.45, 7) is 1.41. The van der Waals surface area contributed by atoms with Gasteiger partial charge in [0.1, 0.15) is 0 Å². The quantitative estimate of drug-likeness (QED) is 0.678. The van der Waals surface area contributed by atoms with E-state index in [9.17, 15) is 13.2 Å². The van der Waals surface area contributed by atoms with Crippen molar-refractivity contribution in [3.05, 3.63) is 58.6 Å². The van der Waals surface area contributed by atoms with Crippen LogP contribution in [-0.2, 0) is 10.0 Å². The van der Waals surface area contributed by atoms with Crippen molar-refractivity contribution in [1.82, 2.24) is 4.72 Å². The van der Waals surface area contributed by atoms with Crippen LogP contribution in [0.5, 0.6) is 0 Å². The van der Waals surface area contributed by atoms with Crippen LogP contribution in [0.25, 0.3) is 0 Å². The Balaban J connectivity index is 2.08. The first-order valence-electron chi connectivity index (χ1n) is 7.12. The van der Waals surface area contributed by atoms with Crippen LogP contribution in [0.2, 0.25) is 0 Å². The van der Waals surface area contributed by atoms with Crippen molar-refractivity contribution in [1.29, 1.82) is 0 Å². The van der Waals surface area contributed by atoms with E-state index < -0.39 is 16.1 Å². The smallest absolute Gasteiger partial charge is 0.255 e. The van der Waals surface area contributed by atoms with Gasteiger partial charge in [-0.25, -0.2) is 13.1 Å². The third kappa shape index (κ3) is 5.13. The lowest BCUT2D eigenvalue weighted by Gasteiger charge is -2.09. The molecule has 1 amide bonds. The SMILES string of the molecule is CC(O)CNS(=O)(=O)c1ccc(C(=O)Nc2ccc(Br)cc2)cc1. The molecule has 2 aromatic rings. The van der Waals surface area contributed by atoms with Gasteiger partial charge in [0.15, 0.2) is 0 Å². The summed E-state index contributed by atoms with van der Waals surface area (Å²) in [5.74, 6) is -0.335. The summed E-state index contributed by atoms with van der Waals surface area (Å²) in [7, 11) is -3.71. The van der Waals surface area contributed by atoms with E-state index in [4.69, 9.17) is 5.11 Å². The summed E-state index contributed by atoms with van der Waals surface area (Å²) in [5.41, 5.74) is 0.978. The van der Waals surface area contributed by atoms with Gasteiger partial charge < -0.3 is 10.4 Å². The van der Waals surface area contributed by atoms with Crippen molar-refractivity contribution in [3.8, 4) is 0 Å². The molecule has 1 atom stereocenters. The Hall–Kier alpha value is -1.74. The molecule has 6 nitrogen and oxygen atoms in total. The van der Waals surface area contributed by atoms with E-state index in [0.29, 0.717) is 11.3 Å². The summed E-state index contributed by atoms with van der Waals surface area (Å²) < 4.78 is 27.2. The van der Waals surface area contributed by atoms with Gasteiger partial charge in [-0.15, -0.1) is 0 Å². The number of rotatable bonds is 6. The first kappa shape index (κ1) is 18.6. The zero-order valence-corrected chi connectivity index (χ0v) is 15.3. The van der Waals surface area contributed by atoms with Gasteiger partial charge in [0.2, 0.25) is 10.0 Å². The number of nitrogens with one attached hydrogen (secondary N) is 2. The highest BCUT2D eigenvalue weighted by Gasteiger charge is 2.15. The second kappa shape index (κ2) is 7.89. The average Bonchev–Trinajstić information content (AvgIpc) is 2.55. The topological polar surface area (TPSA) is 95.5 Å². The number of sulfonamides is 1. The van der Waals surface area contributed by atoms with E-state index >= 15 is 0 Å². The van der Waals surface area contributed by atoms with Gasteiger partial charge in [0, 0.05) is 22.3 Å². The molecule has 0 aliphatic carbocycles. The lowest BCUT2D eigenvalue weighted by molar-refractivity contribution is 0.102. The normalized spacial score (nSPS) is 12.6. The molecule has 0 saturated carbocycles. The van der Waals surface area contributed by atoms with Crippen molar-refractivity contribution < 1.29 is 18.3 Å². The molecule has 0 aliphatic rings. The Labute approximate surface area is 149 Å². The number of amides is 1. The van der Waals surface area contributed by atoms with Gasteiger partial charge in [0.25, 0.3) is 5.91 Å². The second-order valence-electron chi connectivity index (χ2n) is 5.19. The summed E-state index contributed by atoms with van der Waals surface area (Å²) in [6.07, 6.45) is -0.782. The van der Waals surface area contributed by atoms with E-state index in [0.717, 1.165) is 4.47 Å². The molecular formula is C16H17BrN2O4S. The van der Waals surface area contributed by atoms with Crippen molar-refractivity contribution >= 4 is 37.5 Å². The number of hydrogen-bond donors (Lipinski definition) is 3. The third-order valence-electron chi connectivity index (χ3n) is 3.10. The Morgan fingerprint density at radius 3 is 2.25 bits per heavy atom. The van der Waals surface area contributed by atoms with Gasteiger partial charge in [-0.3, -0.25) is 4.79 Å². The van der Waals surface area contributed by atoms with Gasteiger partial charge in [-0.2, -0.15) is 0 Å². The number of hydrogen-bond acceptors (Lipinski definition) is 4. The van der Waals surface area contributed by atoms with E-state index in [1.807, 2.05) is 0 Å². The van der Waals surface area contributed by atoms with Crippen molar-refractivity contribution in [2.24, 2.45) is 0 Å². The van der Waals surface area contributed by atoms with Gasteiger partial charge >= 0.3 is 0 Å². The molecule has 8 heteroatoms. The minimum absolute atomic E-state index is 0.0309. The van der Waals surface area contributed by atoms with E-state index in [2.05, 4.69) is 26.0 Å². The molecular weight excluding hydrogens is 396 g/mol. The molecule has 24 heavy (non-hydrogen) atoms. The highest BCUT2D eigenvalue weighted by atomic mass is 79.9. The number of carbonyl (C=O) groups is 1. The Morgan fingerprint density at radius 1 is 1.12 bits per heavy atom. The molecule has 0 bridgehead atoms. The van der Waals surface area contributed by atoms with Crippen molar-refractivity contribution in [2.45, 2.75) is 17.9 Å². The number of anilines is 1. The highest BCUT2D eigenvalue weighted by Crippen LogP contribution is 2.16. The monoisotopic (exact) mass is 412 g/mol. The van der Waals surface area contributed by atoms with Crippen LogP contribution < -0.4 is 10.0 Å². The minimum Gasteiger partial charge on any atom is -0.392 e. The fourth-order valence-corrected chi connectivity index (χ4v) is 3.22. The Kier molecular flexibility index (Phi) is 6.11. The van der Waals surface area contributed by atoms with E-state index in [-0.39, 0.29) is 17.3 Å². The van der Waals surface area contributed by atoms with E-state index in [1.165, 1.54) is 31.2 Å². The second-order valence-corrected chi connectivity index (χ2v) is 7.87. The molecule has 128 valence electrons. The van der Waals surface area contributed by atoms with Crippen LogP contribution in [-0.4, -0.2) is 32.1 Å². The van der Waals surface area contributed by atoms with Crippen LogP contribution in [0.1, 0.15) is 17.3 Å². The van der Waals surface area contributed by atoms with Crippen LogP contribution in [0.3, 0.4) is 0 Å². The minimum atomic E-state index is -3.71. The third-order valence-corrected chi connectivity index (χ3v) is 5.07. The number of aliphatic hydroxyl groups excluding tert-OH is 1. The summed E-state index contributed by atoms with van der Waals surface area (Å²) in [5, 5.41) is 11.9. The summed E-state index contributed by atoms with van der Waals surface area (Å²) in [6, 6.07) is 12.7. The zero-order chi connectivity index (χ0) is 17.7. The highest BCUT2D eigenvalue weighted by molar-refractivity contribution is 9.10. The van der Waals surface area contributed by atoms with Crippen LogP contribution >= 0.6 is 15.9 Å². The molecule has 2 rings (SSSR count). The fourth-order valence-electron chi connectivity index (χ4n) is 1.84. The maximum absolute atomic E-state index is 12.2. The summed E-state index contributed by atoms with van der Waals surface area (Å²) >= 11 is 3.31. The molecule has 3 N–H and O–H groups in total. The maximum atomic E-state index is 12.2. The van der Waals surface area contributed by atoms with E-state index in [1.54, 1.807) is 24.3 Å². The fraction of sp³-hybridized carbons (Fsp3) is 0.188. The molecule has 0 radical (unpaired) electrons. The maximum Gasteiger partial charge on any atom is 0.255 e. The van der Waals surface area contributed by atoms with Gasteiger partial charge in [0.05, 0.1) is 11.0 Å². The lowest BCUT2D eigenvalue weighted by atomic mass is 10.2. The standard InChI is InChI=1S/C16H17BrN2O4S/c1-11(20)10-18-24(22,23)15-8-2-12(3-9-15)16(21)19-14-6-4-13(17)5-7-14/h2-9,11,18,20H,10H2,1H3,(H,19,21). The Bertz CT molecular complexity index is 803. The van der Waals surface area contributed by atoms with Crippen molar-refractivity contribution in [3.63, 3.8) is 0 Å².